The van der Waals surface area contributed by atoms with E-state index in [0.717, 1.165) is 23.5 Å². The molecule has 0 saturated heterocycles. The minimum absolute atomic E-state index is 0.152. The highest BCUT2D eigenvalue weighted by molar-refractivity contribution is 7.16. The molecule has 102 valence electrons. The summed E-state index contributed by atoms with van der Waals surface area (Å²) in [4.78, 5) is 23.7. The molecule has 0 fully saturated rings. The van der Waals surface area contributed by atoms with Gasteiger partial charge in [-0.1, -0.05) is 0 Å². The van der Waals surface area contributed by atoms with Crippen LogP contribution in [0.1, 0.15) is 16.1 Å². The van der Waals surface area contributed by atoms with E-state index in [1.54, 1.807) is 12.3 Å². The second-order valence-electron chi connectivity index (χ2n) is 4.31. The van der Waals surface area contributed by atoms with Gasteiger partial charge in [0.1, 0.15) is 10.4 Å². The molecule has 0 aliphatic rings. The number of aromatic carboxylic acids is 1. The summed E-state index contributed by atoms with van der Waals surface area (Å²) in [5, 5.41) is 10.7. The lowest BCUT2D eigenvalue weighted by Crippen LogP contribution is -2.17. The number of hydrogen-bond donors (Lipinski definition) is 1. The van der Waals surface area contributed by atoms with E-state index < -0.39 is 28.6 Å². The molecule has 0 amide bonds. The number of carboxylic acids is 1. The minimum atomic E-state index is -1.39. The Balaban J connectivity index is 2.71. The Morgan fingerprint density at radius 2 is 1.95 bits per heavy atom. The molecule has 0 unspecified atom stereocenters. The van der Waals surface area contributed by atoms with Crippen LogP contribution in [-0.4, -0.2) is 15.5 Å². The third kappa shape index (κ3) is 1.56. The highest BCUT2D eigenvalue weighted by Crippen LogP contribution is 2.25. The molecule has 0 atom stereocenters. The van der Waals surface area contributed by atoms with E-state index in [2.05, 4.69) is 0 Å². The summed E-state index contributed by atoms with van der Waals surface area (Å²) in [7, 11) is 0. The number of fused-ring (bicyclic) bond motifs is 3. The topological polar surface area (TPSA) is 58.8 Å². The molecule has 20 heavy (non-hydrogen) atoms. The summed E-state index contributed by atoms with van der Waals surface area (Å²) >= 11 is 1.07. The Kier molecular flexibility index (Phi) is 2.62. The van der Waals surface area contributed by atoms with Gasteiger partial charge in [0.25, 0.3) is 0 Å². The second kappa shape index (κ2) is 4.11. The number of halogens is 2. The lowest BCUT2D eigenvalue weighted by Gasteiger charge is -2.07. The third-order valence-electron chi connectivity index (χ3n) is 3.08. The van der Waals surface area contributed by atoms with Gasteiger partial charge in [-0.25, -0.2) is 13.6 Å². The fourth-order valence-corrected chi connectivity index (χ4v) is 3.23. The molecule has 3 rings (SSSR count). The molecule has 0 bridgehead atoms. The van der Waals surface area contributed by atoms with Crippen molar-refractivity contribution in [1.29, 1.82) is 0 Å². The number of carbonyl (C=O) groups is 1. The van der Waals surface area contributed by atoms with E-state index in [9.17, 15) is 23.5 Å². The van der Waals surface area contributed by atoms with Crippen molar-refractivity contribution in [3.8, 4) is 0 Å². The lowest BCUT2D eigenvalue weighted by atomic mass is 10.1. The number of pyridine rings is 1. The van der Waals surface area contributed by atoms with Crippen LogP contribution >= 0.6 is 11.3 Å². The normalized spacial score (nSPS) is 11.3. The Bertz CT molecular complexity index is 942. The number of hydrogen-bond acceptors (Lipinski definition) is 3. The van der Waals surface area contributed by atoms with E-state index in [4.69, 9.17) is 0 Å². The molecule has 0 radical (unpaired) electrons. The predicted molar refractivity (Wildman–Crippen MR) is 70.7 cm³/mol. The van der Waals surface area contributed by atoms with Gasteiger partial charge in [0.2, 0.25) is 5.43 Å². The summed E-state index contributed by atoms with van der Waals surface area (Å²) in [6.45, 7) is 1.69. The van der Waals surface area contributed by atoms with Gasteiger partial charge < -0.3 is 9.51 Å². The zero-order valence-electron chi connectivity index (χ0n) is 10.1. The molecule has 0 spiro atoms. The van der Waals surface area contributed by atoms with E-state index in [1.165, 1.54) is 4.40 Å². The van der Waals surface area contributed by atoms with Crippen molar-refractivity contribution < 1.29 is 18.7 Å². The van der Waals surface area contributed by atoms with E-state index >= 15 is 0 Å². The minimum Gasteiger partial charge on any atom is -0.477 e. The molecule has 0 saturated carbocycles. The first-order valence-electron chi connectivity index (χ1n) is 5.56. The molecule has 1 aromatic carbocycles. The van der Waals surface area contributed by atoms with Gasteiger partial charge >= 0.3 is 5.97 Å². The number of thiazole rings is 1. The molecule has 0 aliphatic carbocycles. The van der Waals surface area contributed by atoms with Gasteiger partial charge in [-0.05, 0) is 13.0 Å². The maximum Gasteiger partial charge on any atom is 0.342 e. The van der Waals surface area contributed by atoms with Crippen LogP contribution in [0.2, 0.25) is 0 Å². The molecule has 7 heteroatoms. The number of nitrogens with zero attached hydrogens (tertiary/aromatic N) is 1. The van der Waals surface area contributed by atoms with Crippen molar-refractivity contribution in [2.75, 3.05) is 0 Å². The van der Waals surface area contributed by atoms with Crippen LogP contribution in [0.25, 0.3) is 15.7 Å². The van der Waals surface area contributed by atoms with Gasteiger partial charge in [-0.15, -0.1) is 11.3 Å². The second-order valence-corrected chi connectivity index (χ2v) is 5.17. The summed E-state index contributed by atoms with van der Waals surface area (Å²) in [6.07, 6.45) is 0. The Morgan fingerprint density at radius 3 is 2.60 bits per heavy atom. The third-order valence-corrected chi connectivity index (χ3v) is 4.14. The maximum absolute atomic E-state index is 13.4. The van der Waals surface area contributed by atoms with Crippen LogP contribution in [0.3, 0.4) is 0 Å². The average molecular weight is 295 g/mol. The van der Waals surface area contributed by atoms with Gasteiger partial charge in [-0.2, -0.15) is 0 Å². The summed E-state index contributed by atoms with van der Waals surface area (Å²) in [5.41, 5.74) is -0.439. The van der Waals surface area contributed by atoms with Gasteiger partial charge in [-0.3, -0.25) is 4.79 Å². The van der Waals surface area contributed by atoms with Crippen molar-refractivity contribution in [2.24, 2.45) is 0 Å². The Hall–Kier alpha value is -2.28. The van der Waals surface area contributed by atoms with E-state index in [1.807, 2.05) is 0 Å². The zero-order valence-corrected chi connectivity index (χ0v) is 10.9. The number of benzene rings is 1. The first-order chi connectivity index (χ1) is 9.41. The molecular weight excluding hydrogens is 288 g/mol. The first kappa shape index (κ1) is 12.7. The lowest BCUT2D eigenvalue weighted by molar-refractivity contribution is 0.0697. The molecule has 2 heterocycles. The van der Waals surface area contributed by atoms with Crippen LogP contribution in [0.15, 0.2) is 22.3 Å². The number of aryl methyl sites for hydroxylation is 1. The summed E-state index contributed by atoms with van der Waals surface area (Å²) in [5.74, 6) is -3.65. The van der Waals surface area contributed by atoms with Crippen LogP contribution in [0, 0.1) is 18.6 Å². The van der Waals surface area contributed by atoms with Crippen molar-refractivity contribution in [1.82, 2.24) is 4.40 Å². The standard InChI is InChI=1S/C13H7F2NO3S/c1-5-4-20-12-10(13(18)19)11(17)6-2-7(14)8(15)3-9(6)16(5)12/h2-4H,1H3,(H,18,19). The summed E-state index contributed by atoms with van der Waals surface area (Å²) < 4.78 is 28.2. The molecule has 3 aromatic rings. The molecule has 2 aromatic heterocycles. The Morgan fingerprint density at radius 1 is 1.30 bits per heavy atom. The quantitative estimate of drug-likeness (QED) is 0.751. The highest BCUT2D eigenvalue weighted by Gasteiger charge is 2.21. The zero-order chi connectivity index (χ0) is 14.6. The van der Waals surface area contributed by atoms with Crippen LogP contribution in [0.4, 0.5) is 8.78 Å². The van der Waals surface area contributed by atoms with Crippen molar-refractivity contribution in [2.45, 2.75) is 6.92 Å². The average Bonchev–Trinajstić information content (AvgIpc) is 2.74. The van der Waals surface area contributed by atoms with E-state index in [-0.39, 0.29) is 15.7 Å². The first-order valence-corrected chi connectivity index (χ1v) is 6.44. The van der Waals surface area contributed by atoms with Crippen LogP contribution < -0.4 is 5.43 Å². The largest absolute Gasteiger partial charge is 0.477 e. The maximum atomic E-state index is 13.4. The van der Waals surface area contributed by atoms with E-state index in [0.29, 0.717) is 5.69 Å². The number of aromatic nitrogens is 1. The highest BCUT2D eigenvalue weighted by atomic mass is 32.1. The Labute approximate surface area is 114 Å². The fourth-order valence-electron chi connectivity index (χ4n) is 2.20. The van der Waals surface area contributed by atoms with Gasteiger partial charge in [0.15, 0.2) is 11.6 Å². The summed E-state index contributed by atoms with van der Waals surface area (Å²) in [6, 6.07) is 1.65. The smallest absolute Gasteiger partial charge is 0.342 e. The molecular formula is C13H7F2NO3S. The van der Waals surface area contributed by atoms with Crippen LogP contribution in [-0.2, 0) is 0 Å². The van der Waals surface area contributed by atoms with Crippen molar-refractivity contribution in [3.63, 3.8) is 0 Å². The fraction of sp³-hybridized carbons (Fsp3) is 0.0769. The number of rotatable bonds is 1. The van der Waals surface area contributed by atoms with Crippen molar-refractivity contribution in [3.05, 3.63) is 50.6 Å². The molecule has 0 aliphatic heterocycles. The predicted octanol–water partition coefficient (Wildman–Crippen LogP) is 2.80. The van der Waals surface area contributed by atoms with Crippen molar-refractivity contribution >= 4 is 33.0 Å². The van der Waals surface area contributed by atoms with Gasteiger partial charge in [0, 0.05) is 17.1 Å². The van der Waals surface area contributed by atoms with Crippen LogP contribution in [0.5, 0.6) is 0 Å². The van der Waals surface area contributed by atoms with Gasteiger partial charge in [0.05, 0.1) is 10.9 Å². The molecule has 1 N–H and O–H groups in total. The SMILES string of the molecule is Cc1csc2c(C(=O)O)c(=O)c3cc(F)c(F)cc3n12. The molecule has 4 nitrogen and oxygen atoms in total. The monoisotopic (exact) mass is 295 g/mol. The number of carboxylic acid groups (broad SMARTS) is 1.